The summed E-state index contributed by atoms with van der Waals surface area (Å²) in [6.07, 6.45) is 2.96. The van der Waals surface area contributed by atoms with Gasteiger partial charge in [0.15, 0.2) is 17.7 Å². The number of para-hydroxylation sites is 1. The molecule has 130 valence electrons. The fraction of sp³-hybridized carbons (Fsp3) is 0.158. The van der Waals surface area contributed by atoms with Gasteiger partial charge in [-0.3, -0.25) is 9.69 Å². The molecular formula is C19H16N4O3. The first-order valence-corrected chi connectivity index (χ1v) is 8.39. The molecule has 7 nitrogen and oxygen atoms in total. The third-order valence-electron chi connectivity index (χ3n) is 4.51. The van der Waals surface area contributed by atoms with Gasteiger partial charge in [0.25, 0.3) is 5.91 Å². The Bertz CT molecular complexity index is 971. The summed E-state index contributed by atoms with van der Waals surface area (Å²) in [6, 6.07) is 13.0. The first kappa shape index (κ1) is 14.8. The molecule has 0 aliphatic carbocycles. The molecule has 2 N–H and O–H groups in total. The normalized spacial score (nSPS) is 18.2. The molecular weight excluding hydrogens is 332 g/mol. The number of hydrogen-bond acceptors (Lipinski definition) is 5. The lowest BCUT2D eigenvalue weighted by Crippen LogP contribution is -2.43. The predicted octanol–water partition coefficient (Wildman–Crippen LogP) is 2.95. The molecule has 0 bridgehead atoms. The van der Waals surface area contributed by atoms with Crippen LogP contribution < -0.4 is 19.7 Å². The number of hydrogen-bond donors (Lipinski definition) is 2. The van der Waals surface area contributed by atoms with Crippen LogP contribution in [-0.2, 0) is 0 Å². The van der Waals surface area contributed by atoms with Crippen molar-refractivity contribution in [1.29, 1.82) is 0 Å². The minimum atomic E-state index is -0.449. The van der Waals surface area contributed by atoms with Crippen LogP contribution in [0, 0.1) is 0 Å². The third kappa shape index (κ3) is 2.28. The molecule has 2 aliphatic rings. The zero-order valence-corrected chi connectivity index (χ0v) is 13.8. The second kappa shape index (κ2) is 5.80. The number of aromatic amines is 1. The van der Waals surface area contributed by atoms with E-state index in [1.165, 1.54) is 0 Å². The first-order valence-electron chi connectivity index (χ1n) is 8.39. The minimum absolute atomic E-state index is 0.0996. The van der Waals surface area contributed by atoms with Gasteiger partial charge in [0.1, 0.15) is 19.0 Å². The van der Waals surface area contributed by atoms with E-state index in [9.17, 15) is 4.79 Å². The number of carbonyl (C=O) groups excluding carboxylic acids is 1. The SMILES string of the molecule is O=C1c2ccccc2N[C@@H](c2ncc[nH]2)N1c1ccc2c(c1)OCCO2. The summed E-state index contributed by atoms with van der Waals surface area (Å²) in [5.74, 6) is 1.88. The highest BCUT2D eigenvalue weighted by Crippen LogP contribution is 2.39. The van der Waals surface area contributed by atoms with Crippen LogP contribution in [0.4, 0.5) is 11.4 Å². The molecule has 0 spiro atoms. The van der Waals surface area contributed by atoms with Gasteiger partial charge < -0.3 is 19.8 Å². The smallest absolute Gasteiger partial charge is 0.262 e. The Kier molecular flexibility index (Phi) is 3.31. The lowest BCUT2D eigenvalue weighted by molar-refractivity contribution is 0.0973. The molecule has 1 aromatic heterocycles. The summed E-state index contributed by atoms with van der Waals surface area (Å²) in [4.78, 5) is 22.4. The lowest BCUT2D eigenvalue weighted by atomic mass is 10.1. The highest BCUT2D eigenvalue weighted by molar-refractivity contribution is 6.12. The number of amides is 1. The van der Waals surface area contributed by atoms with Crippen molar-refractivity contribution in [3.8, 4) is 11.5 Å². The summed E-state index contributed by atoms with van der Waals surface area (Å²) >= 11 is 0. The molecule has 0 fully saturated rings. The highest BCUT2D eigenvalue weighted by atomic mass is 16.6. The van der Waals surface area contributed by atoms with E-state index in [1.807, 2.05) is 42.5 Å². The molecule has 5 rings (SSSR count). The number of imidazole rings is 1. The lowest BCUT2D eigenvalue weighted by Gasteiger charge is -2.37. The zero-order chi connectivity index (χ0) is 17.5. The second-order valence-electron chi connectivity index (χ2n) is 6.07. The van der Waals surface area contributed by atoms with E-state index in [0.717, 1.165) is 5.69 Å². The molecule has 1 amide bonds. The Morgan fingerprint density at radius 2 is 1.92 bits per heavy atom. The number of ether oxygens (including phenoxy) is 2. The van der Waals surface area contributed by atoms with E-state index < -0.39 is 6.17 Å². The number of anilines is 2. The fourth-order valence-corrected chi connectivity index (χ4v) is 3.32. The molecule has 26 heavy (non-hydrogen) atoms. The van der Waals surface area contributed by atoms with Gasteiger partial charge in [0.2, 0.25) is 0 Å². The fourth-order valence-electron chi connectivity index (χ4n) is 3.32. The maximum absolute atomic E-state index is 13.3. The highest BCUT2D eigenvalue weighted by Gasteiger charge is 2.35. The molecule has 3 heterocycles. The molecule has 0 radical (unpaired) electrons. The Morgan fingerprint density at radius 1 is 1.08 bits per heavy atom. The average Bonchev–Trinajstić information content (AvgIpc) is 3.22. The van der Waals surface area contributed by atoms with E-state index in [1.54, 1.807) is 17.3 Å². The van der Waals surface area contributed by atoms with E-state index in [4.69, 9.17) is 9.47 Å². The Hall–Kier alpha value is -3.48. The van der Waals surface area contributed by atoms with Gasteiger partial charge in [-0.25, -0.2) is 4.98 Å². The van der Waals surface area contributed by atoms with Crippen molar-refractivity contribution in [1.82, 2.24) is 9.97 Å². The molecule has 0 unspecified atom stereocenters. The number of nitrogens with zero attached hydrogens (tertiary/aromatic N) is 2. The van der Waals surface area contributed by atoms with E-state index >= 15 is 0 Å². The molecule has 1 atom stereocenters. The van der Waals surface area contributed by atoms with Crippen molar-refractivity contribution >= 4 is 17.3 Å². The summed E-state index contributed by atoms with van der Waals surface area (Å²) in [6.45, 7) is 1.02. The van der Waals surface area contributed by atoms with Gasteiger partial charge in [0, 0.05) is 24.1 Å². The summed E-state index contributed by atoms with van der Waals surface area (Å²) in [7, 11) is 0. The predicted molar refractivity (Wildman–Crippen MR) is 95.6 cm³/mol. The van der Waals surface area contributed by atoms with Crippen molar-refractivity contribution in [3.05, 3.63) is 66.2 Å². The van der Waals surface area contributed by atoms with E-state index in [2.05, 4.69) is 15.3 Å². The van der Waals surface area contributed by atoms with Crippen molar-refractivity contribution < 1.29 is 14.3 Å². The number of H-pyrrole nitrogens is 1. The Morgan fingerprint density at radius 3 is 2.77 bits per heavy atom. The maximum Gasteiger partial charge on any atom is 0.262 e. The van der Waals surface area contributed by atoms with Crippen LogP contribution in [-0.4, -0.2) is 29.1 Å². The van der Waals surface area contributed by atoms with Crippen LogP contribution in [0.25, 0.3) is 0 Å². The average molecular weight is 348 g/mol. The number of benzene rings is 2. The second-order valence-corrected chi connectivity index (χ2v) is 6.07. The summed E-state index contributed by atoms with van der Waals surface area (Å²) in [5.41, 5.74) is 2.11. The quantitative estimate of drug-likeness (QED) is 0.744. The van der Waals surface area contributed by atoms with Gasteiger partial charge in [-0.05, 0) is 24.3 Å². The molecule has 0 saturated carbocycles. The van der Waals surface area contributed by atoms with Crippen molar-refractivity contribution in [2.45, 2.75) is 6.17 Å². The van der Waals surface area contributed by atoms with E-state index in [-0.39, 0.29) is 5.91 Å². The number of rotatable bonds is 2. The third-order valence-corrected chi connectivity index (χ3v) is 4.51. The van der Waals surface area contributed by atoms with Crippen LogP contribution in [0.2, 0.25) is 0 Å². The van der Waals surface area contributed by atoms with E-state index in [0.29, 0.717) is 41.8 Å². The van der Waals surface area contributed by atoms with Gasteiger partial charge in [-0.2, -0.15) is 0 Å². The first-order chi connectivity index (χ1) is 12.8. The van der Waals surface area contributed by atoms with Crippen molar-refractivity contribution in [3.63, 3.8) is 0 Å². The number of aromatic nitrogens is 2. The summed E-state index contributed by atoms with van der Waals surface area (Å²) in [5, 5.41) is 3.40. The number of nitrogens with one attached hydrogen (secondary N) is 2. The topological polar surface area (TPSA) is 79.5 Å². The van der Waals surface area contributed by atoms with Crippen LogP contribution in [0.15, 0.2) is 54.9 Å². The monoisotopic (exact) mass is 348 g/mol. The van der Waals surface area contributed by atoms with Gasteiger partial charge in [-0.1, -0.05) is 12.1 Å². The van der Waals surface area contributed by atoms with Crippen LogP contribution >= 0.6 is 0 Å². The standard InChI is InChI=1S/C19H16N4O3/c24-19-13-3-1-2-4-14(13)22-18(17-20-7-8-21-17)23(19)12-5-6-15-16(11-12)26-10-9-25-15/h1-8,11,18,22H,9-10H2,(H,20,21)/t18-/m1/s1. The molecule has 2 aliphatic heterocycles. The van der Waals surface area contributed by atoms with Crippen molar-refractivity contribution in [2.24, 2.45) is 0 Å². The molecule has 3 aromatic rings. The maximum atomic E-state index is 13.3. The van der Waals surface area contributed by atoms with Gasteiger partial charge in [-0.15, -0.1) is 0 Å². The summed E-state index contributed by atoms with van der Waals surface area (Å²) < 4.78 is 11.3. The van der Waals surface area contributed by atoms with Crippen LogP contribution in [0.3, 0.4) is 0 Å². The van der Waals surface area contributed by atoms with Gasteiger partial charge in [0.05, 0.1) is 11.3 Å². The molecule has 7 heteroatoms. The minimum Gasteiger partial charge on any atom is -0.486 e. The molecule has 2 aromatic carbocycles. The van der Waals surface area contributed by atoms with Crippen molar-refractivity contribution in [2.75, 3.05) is 23.4 Å². The molecule has 0 saturated heterocycles. The number of carbonyl (C=O) groups is 1. The Balaban J connectivity index is 1.63. The van der Waals surface area contributed by atoms with Crippen LogP contribution in [0.5, 0.6) is 11.5 Å². The Labute approximate surface area is 149 Å². The number of fused-ring (bicyclic) bond motifs is 2. The zero-order valence-electron chi connectivity index (χ0n) is 13.8. The van der Waals surface area contributed by atoms with Crippen LogP contribution in [0.1, 0.15) is 22.3 Å². The van der Waals surface area contributed by atoms with Gasteiger partial charge >= 0.3 is 0 Å². The largest absolute Gasteiger partial charge is 0.486 e.